The minimum absolute atomic E-state index is 0.00878. The average Bonchev–Trinajstić information content (AvgIpc) is 3.65. The van der Waals surface area contributed by atoms with Gasteiger partial charge >= 0.3 is 18.6 Å². The molecule has 1 N–H and O–H groups in total. The van der Waals surface area contributed by atoms with Crippen LogP contribution < -0.4 is 19.7 Å². The number of aliphatic imine (C=N–C) groups is 1. The van der Waals surface area contributed by atoms with Gasteiger partial charge in [-0.25, -0.2) is 14.5 Å². The number of nitrogens with one attached hydrogen (secondary N) is 1. The van der Waals surface area contributed by atoms with E-state index < -0.39 is 31.1 Å². The summed E-state index contributed by atoms with van der Waals surface area (Å²) < 4.78 is 85.9. The van der Waals surface area contributed by atoms with E-state index >= 15 is 0 Å². The number of anilines is 1. The van der Waals surface area contributed by atoms with Crippen LogP contribution in [0.25, 0.3) is 17.1 Å². The monoisotopic (exact) mass is 692 g/mol. The van der Waals surface area contributed by atoms with Gasteiger partial charge in [-0.05, 0) is 60.4 Å². The third-order valence-electron chi connectivity index (χ3n) is 6.83. The SMILES string of the molecule is Cc1ccc(OCC(F)(F)F)c(N2C(=O)CSC2=NC(=O)NCC(C)c2ccc(-c3ncn(-c4ccc(OC(F)(F)F)cc4)n3)cc2)c1. The van der Waals surface area contributed by atoms with E-state index in [-0.39, 0.29) is 40.6 Å². The number of amidine groups is 1. The summed E-state index contributed by atoms with van der Waals surface area (Å²) in [6.07, 6.45) is -7.95. The molecule has 1 aliphatic rings. The first-order valence-electron chi connectivity index (χ1n) is 14.2. The molecule has 0 bridgehead atoms. The molecule has 0 radical (unpaired) electrons. The maximum Gasteiger partial charge on any atom is 0.573 e. The summed E-state index contributed by atoms with van der Waals surface area (Å²) in [5, 5.41) is 7.09. The number of hydrogen-bond acceptors (Lipinski definition) is 7. The lowest BCUT2D eigenvalue weighted by Gasteiger charge is -2.21. The fraction of sp³-hybridized carbons (Fsp3) is 0.258. The van der Waals surface area contributed by atoms with Crippen molar-refractivity contribution in [1.29, 1.82) is 0 Å². The molecular formula is C31H26F6N6O4S. The number of rotatable bonds is 9. The van der Waals surface area contributed by atoms with Crippen LogP contribution in [0.2, 0.25) is 0 Å². The number of thioether (sulfide) groups is 1. The van der Waals surface area contributed by atoms with Gasteiger partial charge in [-0.15, -0.1) is 18.3 Å². The summed E-state index contributed by atoms with van der Waals surface area (Å²) in [6, 6.07) is 16.0. The van der Waals surface area contributed by atoms with Crippen LogP contribution in [-0.2, 0) is 4.79 Å². The lowest BCUT2D eigenvalue weighted by Crippen LogP contribution is -2.32. The highest BCUT2D eigenvalue weighted by Gasteiger charge is 2.34. The smallest absolute Gasteiger partial charge is 0.482 e. The average molecular weight is 693 g/mol. The summed E-state index contributed by atoms with van der Waals surface area (Å²) in [7, 11) is 0. The Hall–Kier alpha value is -5.06. The van der Waals surface area contributed by atoms with Crippen molar-refractivity contribution in [3.05, 3.63) is 84.2 Å². The number of hydrogen-bond donors (Lipinski definition) is 1. The number of nitrogens with zero attached hydrogens (tertiary/aromatic N) is 5. The van der Waals surface area contributed by atoms with E-state index in [1.807, 2.05) is 19.1 Å². The Morgan fingerprint density at radius 2 is 1.75 bits per heavy atom. The summed E-state index contributed by atoms with van der Waals surface area (Å²) in [5.41, 5.74) is 2.74. The number of urea groups is 1. The van der Waals surface area contributed by atoms with Crippen molar-refractivity contribution in [1.82, 2.24) is 20.1 Å². The maximum atomic E-state index is 12.8. The number of alkyl halides is 6. The van der Waals surface area contributed by atoms with E-state index in [4.69, 9.17) is 4.74 Å². The summed E-state index contributed by atoms with van der Waals surface area (Å²) in [5.74, 6) is -0.840. The highest BCUT2D eigenvalue weighted by molar-refractivity contribution is 8.15. The van der Waals surface area contributed by atoms with Gasteiger partial charge in [-0.1, -0.05) is 49.0 Å². The van der Waals surface area contributed by atoms with Crippen molar-refractivity contribution in [2.24, 2.45) is 4.99 Å². The number of ether oxygens (including phenoxy) is 2. The Morgan fingerprint density at radius 3 is 2.42 bits per heavy atom. The van der Waals surface area contributed by atoms with Crippen LogP contribution in [0.1, 0.15) is 24.0 Å². The predicted molar refractivity (Wildman–Crippen MR) is 165 cm³/mol. The third-order valence-corrected chi connectivity index (χ3v) is 7.76. The van der Waals surface area contributed by atoms with Gasteiger partial charge in [0, 0.05) is 12.1 Å². The van der Waals surface area contributed by atoms with Gasteiger partial charge in [0.1, 0.15) is 17.8 Å². The number of halogens is 6. The van der Waals surface area contributed by atoms with Crippen molar-refractivity contribution in [2.45, 2.75) is 32.3 Å². The molecule has 1 saturated heterocycles. The molecule has 3 amide bonds. The Labute approximate surface area is 273 Å². The van der Waals surface area contributed by atoms with Gasteiger partial charge in [0.05, 0.1) is 17.1 Å². The molecule has 17 heteroatoms. The number of carbonyl (C=O) groups is 2. The second-order valence-electron chi connectivity index (χ2n) is 10.6. The number of amides is 3. The molecule has 2 heterocycles. The largest absolute Gasteiger partial charge is 0.573 e. The van der Waals surface area contributed by atoms with E-state index in [1.165, 1.54) is 47.4 Å². The Balaban J connectivity index is 1.20. The minimum Gasteiger partial charge on any atom is -0.482 e. The summed E-state index contributed by atoms with van der Waals surface area (Å²) in [4.78, 5) is 34.8. The van der Waals surface area contributed by atoms with Crippen molar-refractivity contribution < 1.29 is 45.4 Å². The molecular weight excluding hydrogens is 666 g/mol. The van der Waals surface area contributed by atoms with Crippen LogP contribution in [0, 0.1) is 6.92 Å². The minimum atomic E-state index is -4.79. The quantitative estimate of drug-likeness (QED) is 0.188. The highest BCUT2D eigenvalue weighted by atomic mass is 32.2. The van der Waals surface area contributed by atoms with Gasteiger partial charge in [0.25, 0.3) is 0 Å². The zero-order chi connectivity index (χ0) is 34.6. The summed E-state index contributed by atoms with van der Waals surface area (Å²) in [6.45, 7) is 2.21. The first-order valence-corrected chi connectivity index (χ1v) is 15.1. The van der Waals surface area contributed by atoms with Gasteiger partial charge < -0.3 is 14.8 Å². The van der Waals surface area contributed by atoms with E-state index in [0.717, 1.165) is 22.2 Å². The first kappa shape index (κ1) is 34.3. The van der Waals surface area contributed by atoms with Crippen molar-refractivity contribution in [3.8, 4) is 28.6 Å². The third kappa shape index (κ3) is 8.84. The molecule has 0 aliphatic carbocycles. The molecule has 1 atom stereocenters. The van der Waals surface area contributed by atoms with E-state index in [0.29, 0.717) is 22.6 Å². The van der Waals surface area contributed by atoms with Crippen LogP contribution >= 0.6 is 11.8 Å². The van der Waals surface area contributed by atoms with Gasteiger partial charge in [0.2, 0.25) is 5.91 Å². The predicted octanol–water partition coefficient (Wildman–Crippen LogP) is 7.03. The summed E-state index contributed by atoms with van der Waals surface area (Å²) >= 11 is 0.980. The lowest BCUT2D eigenvalue weighted by molar-refractivity contribution is -0.274. The van der Waals surface area contributed by atoms with Gasteiger partial charge in [0.15, 0.2) is 17.6 Å². The topological polar surface area (TPSA) is 111 Å². The zero-order valence-electron chi connectivity index (χ0n) is 25.2. The Kier molecular flexibility index (Phi) is 9.98. The molecule has 1 fully saturated rings. The maximum absolute atomic E-state index is 12.8. The van der Waals surface area contributed by atoms with Crippen LogP contribution in [0.5, 0.6) is 11.5 Å². The van der Waals surface area contributed by atoms with Crippen LogP contribution in [0.15, 0.2) is 78.0 Å². The van der Waals surface area contributed by atoms with E-state index in [1.54, 1.807) is 25.1 Å². The van der Waals surface area contributed by atoms with Crippen LogP contribution in [0.3, 0.4) is 0 Å². The van der Waals surface area contributed by atoms with Gasteiger partial charge in [-0.2, -0.15) is 18.2 Å². The number of benzene rings is 3. The lowest BCUT2D eigenvalue weighted by atomic mass is 10.00. The second kappa shape index (κ2) is 14.0. The molecule has 5 rings (SSSR count). The zero-order valence-corrected chi connectivity index (χ0v) is 26.0. The number of aryl methyl sites for hydroxylation is 1. The fourth-order valence-electron chi connectivity index (χ4n) is 4.53. The molecule has 252 valence electrons. The van der Waals surface area contributed by atoms with E-state index in [2.05, 4.69) is 25.1 Å². The normalized spacial score (nSPS) is 15.1. The molecule has 48 heavy (non-hydrogen) atoms. The molecule has 4 aromatic rings. The van der Waals surface area contributed by atoms with Crippen LogP contribution in [0.4, 0.5) is 36.8 Å². The Morgan fingerprint density at radius 1 is 1.04 bits per heavy atom. The number of carbonyl (C=O) groups excluding carboxylic acids is 2. The molecule has 1 aromatic heterocycles. The van der Waals surface area contributed by atoms with Gasteiger partial charge in [-0.3, -0.25) is 9.69 Å². The second-order valence-corrected chi connectivity index (χ2v) is 11.5. The molecule has 1 aliphatic heterocycles. The van der Waals surface area contributed by atoms with E-state index in [9.17, 15) is 35.9 Å². The highest BCUT2D eigenvalue weighted by Crippen LogP contribution is 2.36. The molecule has 0 spiro atoms. The fourth-order valence-corrected chi connectivity index (χ4v) is 5.39. The van der Waals surface area contributed by atoms with Crippen LogP contribution in [-0.4, -0.2) is 63.3 Å². The standard InChI is InChI=1S/C31H26F6N6O4S/c1-18-3-12-25(46-16-30(32,33)34)24(13-18)43-26(44)15-48-29(43)40-28(45)38-14-19(2)20-4-6-21(7-5-20)27-39-17-42(41-27)22-8-10-23(11-9-22)47-31(35,36)37/h3-13,17,19H,14-16H2,1-2H3,(H,38,45). The Bertz CT molecular complexity index is 1810. The molecule has 0 saturated carbocycles. The van der Waals surface area contributed by atoms with Crippen molar-refractivity contribution in [2.75, 3.05) is 23.8 Å². The van der Waals surface area contributed by atoms with Crippen molar-refractivity contribution in [3.63, 3.8) is 0 Å². The van der Waals surface area contributed by atoms with Crippen molar-refractivity contribution >= 4 is 34.6 Å². The number of aromatic nitrogens is 3. The molecule has 3 aromatic carbocycles. The molecule has 10 nitrogen and oxygen atoms in total. The molecule has 1 unspecified atom stereocenters. The first-order chi connectivity index (χ1) is 22.6.